The predicted molar refractivity (Wildman–Crippen MR) is 135 cm³/mol. The first-order valence-corrected chi connectivity index (χ1v) is 12.1. The Labute approximate surface area is 207 Å². The van der Waals surface area contributed by atoms with E-state index in [0.29, 0.717) is 39.2 Å². The molecular formula is C27H34N4O4. The fourth-order valence-corrected chi connectivity index (χ4v) is 4.65. The third-order valence-corrected chi connectivity index (χ3v) is 6.62. The van der Waals surface area contributed by atoms with E-state index in [2.05, 4.69) is 36.9 Å². The lowest BCUT2D eigenvalue weighted by molar-refractivity contribution is -0.134. The van der Waals surface area contributed by atoms with Gasteiger partial charge in [0.1, 0.15) is 5.75 Å². The normalized spacial score (nSPS) is 18.4. The number of aryl methyl sites for hydroxylation is 2. The number of carbonyl (C=O) groups excluding carboxylic acids is 2. The van der Waals surface area contributed by atoms with Crippen molar-refractivity contribution in [2.45, 2.75) is 33.2 Å². The zero-order valence-corrected chi connectivity index (χ0v) is 21.0. The second-order valence-electron chi connectivity index (χ2n) is 9.06. The van der Waals surface area contributed by atoms with Crippen LogP contribution in [0.2, 0.25) is 0 Å². The molecule has 35 heavy (non-hydrogen) atoms. The maximum absolute atomic E-state index is 13.6. The molecule has 0 aromatic heterocycles. The first-order valence-electron chi connectivity index (χ1n) is 12.1. The molecule has 0 aliphatic carbocycles. The lowest BCUT2D eigenvalue weighted by Crippen LogP contribution is -2.51. The largest absolute Gasteiger partial charge is 0.497 e. The van der Waals surface area contributed by atoms with Gasteiger partial charge in [-0.15, -0.1) is 0 Å². The molecule has 2 aliphatic rings. The van der Waals surface area contributed by atoms with Crippen molar-refractivity contribution in [2.24, 2.45) is 5.10 Å². The van der Waals surface area contributed by atoms with Gasteiger partial charge < -0.3 is 14.4 Å². The summed E-state index contributed by atoms with van der Waals surface area (Å²) in [6.45, 7) is 8.91. The molecule has 0 radical (unpaired) electrons. The van der Waals surface area contributed by atoms with Gasteiger partial charge in [0.15, 0.2) is 0 Å². The Kier molecular flexibility index (Phi) is 7.70. The molecule has 4 rings (SSSR count). The standard InChI is InChI=1S/C27H34N4O4/c1-5-35-27(33)30-13-11-29(12-14-30)18-26(32)31-25(23-15-19(2)9-10-20(23)3)17-24(28-31)21-7-6-8-22(16-21)34-4/h6-10,15-16,25H,5,11-14,17-18H2,1-4H3. The number of piperazine rings is 1. The van der Waals surface area contributed by atoms with Gasteiger partial charge in [-0.2, -0.15) is 5.10 Å². The van der Waals surface area contributed by atoms with Crippen LogP contribution in [0.4, 0.5) is 4.79 Å². The van der Waals surface area contributed by atoms with Crippen molar-refractivity contribution in [3.63, 3.8) is 0 Å². The summed E-state index contributed by atoms with van der Waals surface area (Å²) in [6.07, 6.45) is 0.348. The van der Waals surface area contributed by atoms with Crippen molar-refractivity contribution in [2.75, 3.05) is 46.4 Å². The summed E-state index contributed by atoms with van der Waals surface area (Å²) in [7, 11) is 1.64. The van der Waals surface area contributed by atoms with Gasteiger partial charge in [0.25, 0.3) is 5.91 Å². The highest BCUT2D eigenvalue weighted by Gasteiger charge is 2.35. The molecule has 0 saturated carbocycles. The van der Waals surface area contributed by atoms with Crippen molar-refractivity contribution in [3.8, 4) is 5.75 Å². The van der Waals surface area contributed by atoms with Gasteiger partial charge in [-0.3, -0.25) is 9.69 Å². The van der Waals surface area contributed by atoms with Gasteiger partial charge in [-0.05, 0) is 44.0 Å². The smallest absolute Gasteiger partial charge is 0.409 e. The number of ether oxygens (including phenoxy) is 2. The van der Waals surface area contributed by atoms with Gasteiger partial charge in [0.05, 0.1) is 32.0 Å². The van der Waals surface area contributed by atoms with Crippen LogP contribution in [0.15, 0.2) is 47.6 Å². The minimum Gasteiger partial charge on any atom is -0.497 e. The fraction of sp³-hybridized carbons (Fsp3) is 0.444. The van der Waals surface area contributed by atoms with Gasteiger partial charge in [-0.1, -0.05) is 35.9 Å². The summed E-state index contributed by atoms with van der Waals surface area (Å²) < 4.78 is 10.5. The van der Waals surface area contributed by atoms with Crippen molar-refractivity contribution in [1.29, 1.82) is 0 Å². The van der Waals surface area contributed by atoms with Crippen LogP contribution in [0.3, 0.4) is 0 Å². The van der Waals surface area contributed by atoms with Crippen LogP contribution < -0.4 is 4.74 Å². The van der Waals surface area contributed by atoms with Crippen LogP contribution in [0, 0.1) is 13.8 Å². The maximum atomic E-state index is 13.6. The fourth-order valence-electron chi connectivity index (χ4n) is 4.65. The van der Waals surface area contributed by atoms with E-state index in [9.17, 15) is 9.59 Å². The number of carbonyl (C=O) groups is 2. The van der Waals surface area contributed by atoms with Gasteiger partial charge in [0, 0.05) is 38.2 Å². The molecule has 2 aliphatic heterocycles. The first-order chi connectivity index (χ1) is 16.9. The third-order valence-electron chi connectivity index (χ3n) is 6.62. The van der Waals surface area contributed by atoms with Gasteiger partial charge >= 0.3 is 6.09 Å². The second-order valence-corrected chi connectivity index (χ2v) is 9.06. The SMILES string of the molecule is CCOC(=O)N1CCN(CC(=O)N2N=C(c3cccc(OC)c3)CC2c2cc(C)ccc2C)CC1. The Morgan fingerprint density at radius 2 is 1.83 bits per heavy atom. The lowest BCUT2D eigenvalue weighted by atomic mass is 9.94. The van der Waals surface area contributed by atoms with Crippen LogP contribution in [0.1, 0.15) is 41.6 Å². The maximum Gasteiger partial charge on any atom is 0.409 e. The van der Waals surface area contributed by atoms with Crippen LogP contribution in [0.5, 0.6) is 5.75 Å². The molecular weight excluding hydrogens is 444 g/mol. The molecule has 186 valence electrons. The van der Waals surface area contributed by atoms with Crippen molar-refractivity contribution >= 4 is 17.7 Å². The molecule has 8 heteroatoms. The summed E-state index contributed by atoms with van der Waals surface area (Å²) >= 11 is 0. The van der Waals surface area contributed by atoms with E-state index in [1.165, 1.54) is 0 Å². The number of nitrogens with zero attached hydrogens (tertiary/aromatic N) is 4. The van der Waals surface area contributed by atoms with E-state index >= 15 is 0 Å². The third kappa shape index (κ3) is 5.65. The highest BCUT2D eigenvalue weighted by Crippen LogP contribution is 2.35. The topological polar surface area (TPSA) is 74.7 Å². The molecule has 1 fully saturated rings. The quantitative estimate of drug-likeness (QED) is 0.632. The van der Waals surface area contributed by atoms with Crippen molar-refractivity contribution < 1.29 is 19.1 Å². The van der Waals surface area contributed by atoms with E-state index in [1.54, 1.807) is 23.9 Å². The molecule has 1 saturated heterocycles. The van der Waals surface area contributed by atoms with Gasteiger partial charge in [0.2, 0.25) is 0 Å². The number of methoxy groups -OCH3 is 1. The highest BCUT2D eigenvalue weighted by atomic mass is 16.6. The summed E-state index contributed by atoms with van der Waals surface area (Å²) in [5.41, 5.74) is 5.24. The number of benzene rings is 2. The molecule has 2 heterocycles. The Bertz CT molecular complexity index is 1110. The average molecular weight is 479 g/mol. The monoisotopic (exact) mass is 478 g/mol. The molecule has 0 bridgehead atoms. The predicted octanol–water partition coefficient (Wildman–Crippen LogP) is 3.76. The Hall–Kier alpha value is -3.39. The summed E-state index contributed by atoms with van der Waals surface area (Å²) in [5, 5.41) is 6.49. The Morgan fingerprint density at radius 1 is 1.06 bits per heavy atom. The molecule has 2 aromatic rings. The number of hydrogen-bond donors (Lipinski definition) is 0. The van der Waals surface area contributed by atoms with E-state index in [-0.39, 0.29) is 24.6 Å². The van der Waals surface area contributed by atoms with Crippen molar-refractivity contribution in [3.05, 3.63) is 64.7 Å². The number of rotatable bonds is 6. The minimum absolute atomic E-state index is 0.0432. The van der Waals surface area contributed by atoms with Crippen LogP contribution in [0.25, 0.3) is 0 Å². The number of amides is 2. The van der Waals surface area contributed by atoms with Crippen LogP contribution in [-0.2, 0) is 9.53 Å². The van der Waals surface area contributed by atoms with Crippen molar-refractivity contribution in [1.82, 2.24) is 14.8 Å². The zero-order chi connectivity index (χ0) is 24.9. The Balaban J connectivity index is 1.54. The van der Waals surface area contributed by atoms with Gasteiger partial charge in [-0.25, -0.2) is 9.80 Å². The van der Waals surface area contributed by atoms with Crippen LogP contribution >= 0.6 is 0 Å². The number of hydrogen-bond acceptors (Lipinski definition) is 6. The summed E-state index contributed by atoms with van der Waals surface area (Å²) in [5.74, 6) is 0.719. The lowest BCUT2D eigenvalue weighted by Gasteiger charge is -2.34. The minimum atomic E-state index is -0.291. The zero-order valence-electron chi connectivity index (χ0n) is 21.0. The molecule has 0 N–H and O–H groups in total. The number of hydrazone groups is 1. The molecule has 0 spiro atoms. The molecule has 1 unspecified atom stereocenters. The van der Waals surface area contributed by atoms with E-state index in [0.717, 1.165) is 33.7 Å². The molecule has 2 amide bonds. The Morgan fingerprint density at radius 3 is 2.54 bits per heavy atom. The van der Waals surface area contributed by atoms with E-state index in [4.69, 9.17) is 14.6 Å². The van der Waals surface area contributed by atoms with E-state index < -0.39 is 0 Å². The summed E-state index contributed by atoms with van der Waals surface area (Å²) in [6, 6.07) is 14.0. The highest BCUT2D eigenvalue weighted by molar-refractivity contribution is 6.03. The molecule has 2 aromatic carbocycles. The first kappa shape index (κ1) is 24.7. The summed E-state index contributed by atoms with van der Waals surface area (Å²) in [4.78, 5) is 29.3. The molecule has 8 nitrogen and oxygen atoms in total. The van der Waals surface area contributed by atoms with E-state index in [1.807, 2.05) is 24.3 Å². The second kappa shape index (κ2) is 10.9. The average Bonchev–Trinajstić information content (AvgIpc) is 3.32. The van der Waals surface area contributed by atoms with Crippen LogP contribution in [-0.4, -0.2) is 79.0 Å². The molecule has 1 atom stereocenters.